The molecule has 1 heterocycles. The minimum atomic E-state index is -0.260. The maximum absolute atomic E-state index is 13.4. The number of aliphatic imine (C=N–C) groups is 1. The summed E-state index contributed by atoms with van der Waals surface area (Å²) in [4.78, 5) is 4.51. The van der Waals surface area contributed by atoms with Crippen LogP contribution < -0.4 is 10.6 Å². The van der Waals surface area contributed by atoms with Crippen molar-refractivity contribution in [2.24, 2.45) is 10.9 Å². The Kier molecular flexibility index (Phi) is 9.95. The van der Waals surface area contributed by atoms with E-state index in [0.29, 0.717) is 12.5 Å². The van der Waals surface area contributed by atoms with E-state index in [1.54, 1.807) is 0 Å². The minimum Gasteiger partial charge on any atom is -0.381 e. The summed E-state index contributed by atoms with van der Waals surface area (Å²) < 4.78 is 25.3. The van der Waals surface area contributed by atoms with E-state index in [0.717, 1.165) is 74.8 Å². The van der Waals surface area contributed by atoms with E-state index < -0.39 is 0 Å². The molecule has 0 unspecified atom stereocenters. The minimum absolute atomic E-state index is 0.260. The summed E-state index contributed by atoms with van der Waals surface area (Å²) in [6, 6.07) is 4.82. The van der Waals surface area contributed by atoms with Crippen molar-refractivity contribution in [3.63, 3.8) is 0 Å². The Morgan fingerprint density at radius 3 is 2.85 bits per heavy atom. The summed E-state index contributed by atoms with van der Waals surface area (Å²) in [5.74, 6) is 1.11. The summed E-state index contributed by atoms with van der Waals surface area (Å²) in [5.41, 5.74) is 0.828. The molecule has 0 saturated carbocycles. The van der Waals surface area contributed by atoms with Gasteiger partial charge in [0.05, 0.1) is 6.54 Å². The van der Waals surface area contributed by atoms with Crippen molar-refractivity contribution in [1.82, 2.24) is 10.6 Å². The van der Waals surface area contributed by atoms with Crippen molar-refractivity contribution in [2.45, 2.75) is 32.7 Å². The first kappa shape index (κ1) is 21.1. The third-order valence-electron chi connectivity index (χ3n) is 4.14. The maximum atomic E-state index is 13.4. The first-order valence-corrected chi connectivity index (χ1v) is 10.1. The lowest BCUT2D eigenvalue weighted by Gasteiger charge is -2.21. The number of rotatable bonds is 9. The Balaban J connectivity index is 1.66. The van der Waals surface area contributed by atoms with Crippen LogP contribution in [0.5, 0.6) is 0 Å². The van der Waals surface area contributed by atoms with Gasteiger partial charge in [0.15, 0.2) is 5.96 Å². The zero-order chi connectivity index (χ0) is 18.6. The second-order valence-corrected chi connectivity index (χ2v) is 7.30. The molecule has 0 aliphatic carbocycles. The topological polar surface area (TPSA) is 54.9 Å². The van der Waals surface area contributed by atoms with Gasteiger partial charge >= 0.3 is 0 Å². The van der Waals surface area contributed by atoms with Crippen LogP contribution >= 0.6 is 15.9 Å². The highest BCUT2D eigenvalue weighted by Gasteiger charge is 2.13. The quantitative estimate of drug-likeness (QED) is 0.358. The number of benzene rings is 1. The van der Waals surface area contributed by atoms with E-state index in [1.165, 1.54) is 12.1 Å². The highest BCUT2D eigenvalue weighted by molar-refractivity contribution is 9.10. The van der Waals surface area contributed by atoms with Crippen molar-refractivity contribution in [1.29, 1.82) is 0 Å². The fraction of sp³-hybridized carbons (Fsp3) is 0.632. The number of halogens is 2. The van der Waals surface area contributed by atoms with Gasteiger partial charge in [0, 0.05) is 44.0 Å². The largest absolute Gasteiger partial charge is 0.381 e. The van der Waals surface area contributed by atoms with Crippen LogP contribution in [0.2, 0.25) is 0 Å². The first-order valence-electron chi connectivity index (χ1n) is 9.30. The van der Waals surface area contributed by atoms with Crippen molar-refractivity contribution < 1.29 is 13.9 Å². The third-order valence-corrected chi connectivity index (χ3v) is 4.60. The number of nitrogens with one attached hydrogen (secondary N) is 2. The van der Waals surface area contributed by atoms with Crippen molar-refractivity contribution in [3.8, 4) is 0 Å². The van der Waals surface area contributed by atoms with Crippen molar-refractivity contribution >= 4 is 21.9 Å². The van der Waals surface area contributed by atoms with Gasteiger partial charge in [0.1, 0.15) is 5.82 Å². The van der Waals surface area contributed by atoms with Gasteiger partial charge in [-0.05, 0) is 55.9 Å². The summed E-state index contributed by atoms with van der Waals surface area (Å²) in [7, 11) is 0. The standard InChI is InChI=1S/C19H29BrFN3O2/c1-2-22-19(24-13-16-10-17(20)12-18(21)11-16)23-6-3-7-26-14-15-4-8-25-9-5-15/h10-12,15H,2-9,13-14H2,1H3,(H2,22,23,24). The summed E-state index contributed by atoms with van der Waals surface area (Å²) in [6.45, 7) is 7.29. The van der Waals surface area contributed by atoms with Crippen molar-refractivity contribution in [2.75, 3.05) is 39.5 Å². The molecule has 5 nitrogen and oxygen atoms in total. The molecule has 0 spiro atoms. The monoisotopic (exact) mass is 429 g/mol. The smallest absolute Gasteiger partial charge is 0.191 e. The van der Waals surface area contributed by atoms with E-state index >= 15 is 0 Å². The SMILES string of the molecule is CCNC(=NCc1cc(F)cc(Br)c1)NCCCOCC1CCOCC1. The molecule has 2 N–H and O–H groups in total. The molecule has 2 rings (SSSR count). The number of hydrogen-bond acceptors (Lipinski definition) is 3. The van der Waals surface area contributed by atoms with Gasteiger partial charge < -0.3 is 20.1 Å². The van der Waals surface area contributed by atoms with Gasteiger partial charge in [-0.15, -0.1) is 0 Å². The van der Waals surface area contributed by atoms with Crippen LogP contribution in [0, 0.1) is 11.7 Å². The molecule has 1 saturated heterocycles. The van der Waals surface area contributed by atoms with Gasteiger partial charge in [-0.2, -0.15) is 0 Å². The summed E-state index contributed by atoms with van der Waals surface area (Å²) >= 11 is 3.30. The highest BCUT2D eigenvalue weighted by atomic mass is 79.9. The van der Waals surface area contributed by atoms with E-state index in [1.807, 2.05) is 13.0 Å². The molecule has 0 atom stereocenters. The predicted octanol–water partition coefficient (Wildman–Crippen LogP) is 3.48. The lowest BCUT2D eigenvalue weighted by atomic mass is 10.0. The first-order chi connectivity index (χ1) is 12.7. The van der Waals surface area contributed by atoms with Gasteiger partial charge in [0.2, 0.25) is 0 Å². The van der Waals surface area contributed by atoms with Crippen LogP contribution in [-0.4, -0.2) is 45.5 Å². The third kappa shape index (κ3) is 8.47. The molecule has 1 aromatic rings. The van der Waals surface area contributed by atoms with Crippen LogP contribution in [0.4, 0.5) is 4.39 Å². The molecule has 7 heteroatoms. The molecule has 1 aliphatic rings. The van der Waals surface area contributed by atoms with Crippen LogP contribution in [-0.2, 0) is 16.0 Å². The molecule has 1 aromatic carbocycles. The number of nitrogens with zero attached hydrogens (tertiary/aromatic N) is 1. The van der Waals surface area contributed by atoms with E-state index in [4.69, 9.17) is 9.47 Å². The Bertz CT molecular complexity index is 545. The molecular formula is C19H29BrFN3O2. The molecule has 0 radical (unpaired) electrons. The number of guanidine groups is 1. The van der Waals surface area contributed by atoms with Crippen LogP contribution in [0.3, 0.4) is 0 Å². The molecule has 0 bridgehead atoms. The molecule has 1 fully saturated rings. The Hall–Kier alpha value is -1.18. The Morgan fingerprint density at radius 2 is 2.12 bits per heavy atom. The van der Waals surface area contributed by atoms with Gasteiger partial charge in [-0.3, -0.25) is 0 Å². The zero-order valence-electron chi connectivity index (χ0n) is 15.4. The predicted molar refractivity (Wildman–Crippen MR) is 106 cm³/mol. The molecule has 146 valence electrons. The normalized spacial score (nSPS) is 15.9. The van der Waals surface area contributed by atoms with Crippen molar-refractivity contribution in [3.05, 3.63) is 34.1 Å². The summed E-state index contributed by atoms with van der Waals surface area (Å²) in [6.07, 6.45) is 3.12. The lowest BCUT2D eigenvalue weighted by Crippen LogP contribution is -2.38. The Labute approximate surface area is 163 Å². The van der Waals surface area contributed by atoms with Gasteiger partial charge in [-0.1, -0.05) is 15.9 Å². The average molecular weight is 430 g/mol. The lowest BCUT2D eigenvalue weighted by molar-refractivity contribution is 0.0203. The number of hydrogen-bond donors (Lipinski definition) is 2. The number of ether oxygens (including phenoxy) is 2. The zero-order valence-corrected chi connectivity index (χ0v) is 17.0. The highest BCUT2D eigenvalue weighted by Crippen LogP contribution is 2.16. The van der Waals surface area contributed by atoms with Gasteiger partial charge in [0.25, 0.3) is 0 Å². The molecular weight excluding hydrogens is 401 g/mol. The van der Waals surface area contributed by atoms with Crippen LogP contribution in [0.15, 0.2) is 27.7 Å². The summed E-state index contributed by atoms with van der Waals surface area (Å²) in [5, 5.41) is 6.50. The maximum Gasteiger partial charge on any atom is 0.191 e. The fourth-order valence-corrected chi connectivity index (χ4v) is 3.27. The Morgan fingerprint density at radius 1 is 1.31 bits per heavy atom. The molecule has 0 aromatic heterocycles. The van der Waals surface area contributed by atoms with E-state index in [-0.39, 0.29) is 5.82 Å². The second-order valence-electron chi connectivity index (χ2n) is 6.38. The van der Waals surface area contributed by atoms with Crippen LogP contribution in [0.1, 0.15) is 31.7 Å². The fourth-order valence-electron chi connectivity index (χ4n) is 2.76. The van der Waals surface area contributed by atoms with Gasteiger partial charge in [-0.25, -0.2) is 9.38 Å². The van der Waals surface area contributed by atoms with E-state index in [2.05, 4.69) is 31.6 Å². The molecule has 1 aliphatic heterocycles. The molecule has 0 amide bonds. The van der Waals surface area contributed by atoms with E-state index in [9.17, 15) is 4.39 Å². The average Bonchev–Trinajstić information content (AvgIpc) is 2.62. The molecule has 26 heavy (non-hydrogen) atoms. The second kappa shape index (κ2) is 12.3. The van der Waals surface area contributed by atoms with Crippen LogP contribution in [0.25, 0.3) is 0 Å².